The van der Waals surface area contributed by atoms with Crippen LogP contribution in [0.4, 0.5) is 5.69 Å². The van der Waals surface area contributed by atoms with E-state index in [-0.39, 0.29) is 12.5 Å². The Morgan fingerprint density at radius 1 is 1.06 bits per heavy atom. The molecule has 1 N–H and O–H groups in total. The molecule has 10 heteroatoms. The second-order valence-electron chi connectivity index (χ2n) is 7.07. The molecule has 1 atom stereocenters. The van der Waals surface area contributed by atoms with Crippen LogP contribution in [0.1, 0.15) is 12.5 Å². The van der Waals surface area contributed by atoms with Crippen LogP contribution in [0.2, 0.25) is 0 Å². The first-order chi connectivity index (χ1) is 14.6. The first kappa shape index (κ1) is 24.8. The number of likely N-dealkylation sites (N-methyl/N-ethyl adjacent to an activating group) is 1. The lowest BCUT2D eigenvalue weighted by atomic mass is 10.1. The number of carbonyl (C=O) groups is 2. The molecule has 168 valence electrons. The standard InChI is InChI=1S/C21H27BrN4O4S/c1-16(21(28)23-2)25(14-17-9-8-10-18(22)13-17)20(27)15-26(31(29,30)24(3)4)19-11-6-5-7-12-19/h5-13,16H,14-15H2,1-4H3,(H,23,28)/t16-/m1/s1. The van der Waals surface area contributed by atoms with Gasteiger partial charge in [-0.05, 0) is 36.8 Å². The molecular weight excluding hydrogens is 484 g/mol. The molecule has 0 aliphatic heterocycles. The maximum Gasteiger partial charge on any atom is 0.304 e. The zero-order valence-corrected chi connectivity index (χ0v) is 20.4. The molecule has 31 heavy (non-hydrogen) atoms. The zero-order chi connectivity index (χ0) is 23.2. The fourth-order valence-electron chi connectivity index (χ4n) is 2.93. The van der Waals surface area contributed by atoms with E-state index in [9.17, 15) is 18.0 Å². The molecule has 0 aromatic heterocycles. The number of halogens is 1. The molecule has 0 aliphatic rings. The van der Waals surface area contributed by atoms with Gasteiger partial charge in [-0.3, -0.25) is 9.59 Å². The third kappa shape index (κ3) is 6.28. The molecule has 0 unspecified atom stereocenters. The number of rotatable bonds is 9. The van der Waals surface area contributed by atoms with E-state index >= 15 is 0 Å². The minimum Gasteiger partial charge on any atom is -0.357 e. The molecule has 0 bridgehead atoms. The van der Waals surface area contributed by atoms with E-state index in [2.05, 4.69) is 21.2 Å². The van der Waals surface area contributed by atoms with Gasteiger partial charge in [0.15, 0.2) is 0 Å². The fourth-order valence-corrected chi connectivity index (χ4v) is 4.44. The lowest BCUT2D eigenvalue weighted by Crippen LogP contribution is -2.52. The Kier molecular flexibility index (Phi) is 8.60. The smallest absolute Gasteiger partial charge is 0.304 e. The number of hydrogen-bond donors (Lipinski definition) is 1. The number of nitrogens with zero attached hydrogens (tertiary/aromatic N) is 3. The van der Waals surface area contributed by atoms with Crippen molar-refractivity contribution in [2.45, 2.75) is 19.5 Å². The number of amides is 2. The lowest BCUT2D eigenvalue weighted by molar-refractivity contribution is -0.139. The number of anilines is 1. The molecular formula is C21H27BrN4O4S. The molecule has 8 nitrogen and oxygen atoms in total. The monoisotopic (exact) mass is 510 g/mol. The first-order valence-corrected chi connectivity index (χ1v) is 11.8. The van der Waals surface area contributed by atoms with Crippen LogP contribution in [0.25, 0.3) is 0 Å². The van der Waals surface area contributed by atoms with E-state index in [0.717, 1.165) is 18.6 Å². The van der Waals surface area contributed by atoms with Crippen LogP contribution in [-0.4, -0.2) is 63.2 Å². The van der Waals surface area contributed by atoms with E-state index in [4.69, 9.17) is 0 Å². The number of nitrogens with one attached hydrogen (secondary N) is 1. The van der Waals surface area contributed by atoms with Crippen LogP contribution < -0.4 is 9.62 Å². The van der Waals surface area contributed by atoms with Gasteiger partial charge in [0, 0.05) is 32.2 Å². The molecule has 2 rings (SSSR count). The van der Waals surface area contributed by atoms with Gasteiger partial charge in [-0.15, -0.1) is 0 Å². The van der Waals surface area contributed by atoms with Gasteiger partial charge in [0.05, 0.1) is 5.69 Å². The highest BCUT2D eigenvalue weighted by molar-refractivity contribution is 9.10. The topological polar surface area (TPSA) is 90.0 Å². The highest BCUT2D eigenvalue weighted by atomic mass is 79.9. The number of carbonyl (C=O) groups excluding carboxylic acids is 2. The van der Waals surface area contributed by atoms with E-state index in [1.165, 1.54) is 26.0 Å². The SMILES string of the molecule is CNC(=O)[C@@H](C)N(Cc1cccc(Br)c1)C(=O)CN(c1ccccc1)S(=O)(=O)N(C)C. The van der Waals surface area contributed by atoms with Crippen molar-refractivity contribution in [3.05, 3.63) is 64.6 Å². The maximum absolute atomic E-state index is 13.4. The molecule has 0 radical (unpaired) electrons. The molecule has 0 saturated carbocycles. The normalized spacial score (nSPS) is 12.3. The van der Waals surface area contributed by atoms with Crippen molar-refractivity contribution in [3.63, 3.8) is 0 Å². The number of para-hydroxylation sites is 1. The average molecular weight is 511 g/mol. The molecule has 2 aromatic rings. The van der Waals surface area contributed by atoms with Crippen LogP contribution in [0, 0.1) is 0 Å². The highest BCUT2D eigenvalue weighted by Gasteiger charge is 2.32. The van der Waals surface area contributed by atoms with Crippen molar-refractivity contribution in [2.24, 2.45) is 0 Å². The van der Waals surface area contributed by atoms with E-state index in [1.807, 2.05) is 24.3 Å². The van der Waals surface area contributed by atoms with Crippen molar-refractivity contribution in [1.29, 1.82) is 0 Å². The second kappa shape index (κ2) is 10.7. The van der Waals surface area contributed by atoms with Crippen LogP contribution in [0.15, 0.2) is 59.1 Å². The van der Waals surface area contributed by atoms with Gasteiger partial charge in [0.25, 0.3) is 0 Å². The van der Waals surface area contributed by atoms with Gasteiger partial charge in [-0.25, -0.2) is 4.31 Å². The largest absolute Gasteiger partial charge is 0.357 e. The van der Waals surface area contributed by atoms with Gasteiger partial charge in [-0.2, -0.15) is 12.7 Å². The summed E-state index contributed by atoms with van der Waals surface area (Å²) in [5.41, 5.74) is 1.17. The second-order valence-corrected chi connectivity index (χ2v) is 10.1. The Labute approximate surface area is 192 Å². The van der Waals surface area contributed by atoms with Gasteiger partial charge < -0.3 is 10.2 Å². The van der Waals surface area contributed by atoms with Crippen LogP contribution >= 0.6 is 15.9 Å². The minimum atomic E-state index is -3.94. The van der Waals surface area contributed by atoms with Crippen LogP contribution in [0.5, 0.6) is 0 Å². The minimum absolute atomic E-state index is 0.150. The summed E-state index contributed by atoms with van der Waals surface area (Å²) in [6, 6.07) is 15.0. The fraction of sp³-hybridized carbons (Fsp3) is 0.333. The van der Waals surface area contributed by atoms with Crippen molar-refractivity contribution in [2.75, 3.05) is 32.0 Å². The van der Waals surface area contributed by atoms with E-state index in [0.29, 0.717) is 5.69 Å². The first-order valence-electron chi connectivity index (χ1n) is 9.58. The molecule has 0 spiro atoms. The predicted octanol–water partition coefficient (Wildman–Crippen LogP) is 2.23. The summed E-state index contributed by atoms with van der Waals surface area (Å²) in [5, 5.41) is 2.55. The summed E-state index contributed by atoms with van der Waals surface area (Å²) in [7, 11) is 0.363. The van der Waals surface area contributed by atoms with E-state index < -0.39 is 28.7 Å². The predicted molar refractivity (Wildman–Crippen MR) is 125 cm³/mol. The summed E-state index contributed by atoms with van der Waals surface area (Å²) in [6.45, 7) is 1.32. The van der Waals surface area contributed by atoms with Gasteiger partial charge in [0.1, 0.15) is 12.6 Å². The van der Waals surface area contributed by atoms with Crippen LogP contribution in [-0.2, 0) is 26.3 Å². The molecule has 0 heterocycles. The van der Waals surface area contributed by atoms with Crippen molar-refractivity contribution in [3.8, 4) is 0 Å². The Morgan fingerprint density at radius 2 is 1.71 bits per heavy atom. The summed E-state index contributed by atoms with van der Waals surface area (Å²) in [6.07, 6.45) is 0. The highest BCUT2D eigenvalue weighted by Crippen LogP contribution is 2.21. The summed E-state index contributed by atoms with van der Waals surface area (Å²) < 4.78 is 28.8. The Morgan fingerprint density at radius 3 is 2.26 bits per heavy atom. The van der Waals surface area contributed by atoms with Crippen LogP contribution in [0.3, 0.4) is 0 Å². The summed E-state index contributed by atoms with van der Waals surface area (Å²) >= 11 is 3.41. The lowest BCUT2D eigenvalue weighted by Gasteiger charge is -2.32. The molecule has 2 amide bonds. The average Bonchev–Trinajstić information content (AvgIpc) is 2.75. The van der Waals surface area contributed by atoms with Gasteiger partial charge in [-0.1, -0.05) is 46.3 Å². The third-order valence-electron chi connectivity index (χ3n) is 4.72. The molecule has 2 aromatic carbocycles. The molecule has 0 fully saturated rings. The zero-order valence-electron chi connectivity index (χ0n) is 17.9. The van der Waals surface area contributed by atoms with Gasteiger partial charge in [0.2, 0.25) is 11.8 Å². The van der Waals surface area contributed by atoms with Crippen molar-refractivity contribution in [1.82, 2.24) is 14.5 Å². The van der Waals surface area contributed by atoms with Gasteiger partial charge >= 0.3 is 10.2 Å². The summed E-state index contributed by atoms with van der Waals surface area (Å²) in [5.74, 6) is -0.838. The Balaban J connectivity index is 2.42. The number of hydrogen-bond acceptors (Lipinski definition) is 4. The van der Waals surface area contributed by atoms with E-state index in [1.54, 1.807) is 37.3 Å². The maximum atomic E-state index is 13.4. The molecule has 0 aliphatic carbocycles. The molecule has 0 saturated heterocycles. The summed E-state index contributed by atoms with van der Waals surface area (Å²) in [4.78, 5) is 27.1. The quantitative estimate of drug-likeness (QED) is 0.559. The number of benzene rings is 2. The van der Waals surface area contributed by atoms with Crippen molar-refractivity contribution >= 4 is 43.6 Å². The Hall–Kier alpha value is -2.43. The van der Waals surface area contributed by atoms with Crippen molar-refractivity contribution < 1.29 is 18.0 Å². The third-order valence-corrected chi connectivity index (χ3v) is 7.03. The Bertz CT molecular complexity index is 1020.